The van der Waals surface area contributed by atoms with E-state index in [2.05, 4.69) is 17.9 Å². The van der Waals surface area contributed by atoms with E-state index in [1.807, 2.05) is 0 Å². The van der Waals surface area contributed by atoms with Crippen LogP contribution in [0.3, 0.4) is 0 Å². The van der Waals surface area contributed by atoms with E-state index in [9.17, 15) is 4.79 Å². The lowest BCUT2D eigenvalue weighted by Gasteiger charge is -2.04. The fraction of sp³-hybridized carbons (Fsp3) is 0.882. The SMILES string of the molecule is O=C(O)CCCCCCCCCCCCCCCNC(=S)S. The van der Waals surface area contributed by atoms with Gasteiger partial charge in [0.2, 0.25) is 0 Å². The lowest BCUT2D eigenvalue weighted by molar-refractivity contribution is -0.137. The molecular weight excluding hydrogens is 314 g/mol. The van der Waals surface area contributed by atoms with Gasteiger partial charge in [0.25, 0.3) is 0 Å². The lowest BCUT2D eigenvalue weighted by atomic mass is 10.0. The molecule has 5 heteroatoms. The molecule has 0 aliphatic heterocycles. The summed E-state index contributed by atoms with van der Waals surface area (Å²) in [4.78, 5) is 10.3. The Kier molecular flexibility index (Phi) is 16.8. The molecule has 22 heavy (non-hydrogen) atoms. The summed E-state index contributed by atoms with van der Waals surface area (Å²) >= 11 is 8.86. The maximum Gasteiger partial charge on any atom is 0.303 e. The maximum atomic E-state index is 10.3. The number of carbonyl (C=O) groups is 1. The topological polar surface area (TPSA) is 49.3 Å². The summed E-state index contributed by atoms with van der Waals surface area (Å²) in [7, 11) is 0. The first-order valence-electron chi connectivity index (χ1n) is 8.81. The van der Waals surface area contributed by atoms with Gasteiger partial charge in [0.15, 0.2) is 0 Å². The zero-order valence-electron chi connectivity index (χ0n) is 13.8. The molecule has 0 aromatic rings. The summed E-state index contributed by atoms with van der Waals surface area (Å²) in [6.07, 6.45) is 16.5. The Labute approximate surface area is 147 Å². The van der Waals surface area contributed by atoms with E-state index in [1.165, 1.54) is 70.6 Å². The molecule has 2 N–H and O–H groups in total. The second-order valence-corrected chi connectivity index (χ2v) is 7.13. The first-order chi connectivity index (χ1) is 10.6. The molecule has 0 aromatic carbocycles. The number of carboxylic acid groups (broad SMARTS) is 1. The fourth-order valence-corrected chi connectivity index (χ4v) is 2.75. The lowest BCUT2D eigenvalue weighted by Crippen LogP contribution is -2.17. The molecule has 0 aliphatic carbocycles. The minimum Gasteiger partial charge on any atom is -0.481 e. The normalized spacial score (nSPS) is 10.6. The van der Waals surface area contributed by atoms with Crippen molar-refractivity contribution in [2.75, 3.05) is 6.54 Å². The molecule has 0 saturated carbocycles. The molecule has 0 bridgehead atoms. The Morgan fingerprint density at radius 2 is 1.14 bits per heavy atom. The van der Waals surface area contributed by atoms with Crippen molar-refractivity contribution in [1.29, 1.82) is 0 Å². The number of nitrogens with one attached hydrogen (secondary N) is 1. The van der Waals surface area contributed by atoms with Crippen LogP contribution in [-0.2, 0) is 4.79 Å². The minimum absolute atomic E-state index is 0.331. The van der Waals surface area contributed by atoms with Crippen molar-refractivity contribution in [3.63, 3.8) is 0 Å². The zero-order chi connectivity index (χ0) is 16.5. The van der Waals surface area contributed by atoms with Crippen LogP contribution in [0.25, 0.3) is 0 Å². The number of aliphatic carboxylic acids is 1. The third-order valence-corrected chi connectivity index (χ3v) is 4.15. The van der Waals surface area contributed by atoms with E-state index in [4.69, 9.17) is 17.3 Å². The molecule has 0 fully saturated rings. The predicted octanol–water partition coefficient (Wildman–Crippen LogP) is 5.34. The van der Waals surface area contributed by atoms with Crippen molar-refractivity contribution in [1.82, 2.24) is 5.32 Å². The van der Waals surface area contributed by atoms with Gasteiger partial charge in [-0.2, -0.15) is 0 Å². The molecular formula is C17H33NO2S2. The first kappa shape index (κ1) is 21.7. The summed E-state index contributed by atoms with van der Waals surface area (Å²) in [5.74, 6) is -0.665. The number of hydrogen-bond acceptors (Lipinski definition) is 2. The summed E-state index contributed by atoms with van der Waals surface area (Å²) in [5, 5.41) is 11.6. The summed E-state index contributed by atoms with van der Waals surface area (Å²) in [6.45, 7) is 0.953. The van der Waals surface area contributed by atoms with E-state index in [1.54, 1.807) is 0 Å². The quantitative estimate of drug-likeness (QED) is 0.200. The van der Waals surface area contributed by atoms with Crippen LogP contribution in [0.1, 0.15) is 89.9 Å². The van der Waals surface area contributed by atoms with E-state index >= 15 is 0 Å². The molecule has 0 heterocycles. The highest BCUT2D eigenvalue weighted by Gasteiger charge is 1.97. The van der Waals surface area contributed by atoms with Gasteiger partial charge in [-0.25, -0.2) is 0 Å². The molecule has 0 atom stereocenters. The maximum absolute atomic E-state index is 10.3. The Bertz CT molecular complexity index is 258. The summed E-state index contributed by atoms with van der Waals surface area (Å²) in [6, 6.07) is 0. The van der Waals surface area contributed by atoms with Gasteiger partial charge in [0.05, 0.1) is 0 Å². The van der Waals surface area contributed by atoms with Crippen LogP contribution in [0.15, 0.2) is 0 Å². The third-order valence-electron chi connectivity index (χ3n) is 3.84. The van der Waals surface area contributed by atoms with Crippen LogP contribution in [0, 0.1) is 0 Å². The van der Waals surface area contributed by atoms with Gasteiger partial charge >= 0.3 is 5.97 Å². The molecule has 0 spiro atoms. The van der Waals surface area contributed by atoms with Crippen LogP contribution in [0.5, 0.6) is 0 Å². The predicted molar refractivity (Wildman–Crippen MR) is 102 cm³/mol. The zero-order valence-corrected chi connectivity index (χ0v) is 15.5. The molecule has 0 saturated heterocycles. The Morgan fingerprint density at radius 1 is 0.773 bits per heavy atom. The molecule has 0 radical (unpaired) electrons. The van der Waals surface area contributed by atoms with Gasteiger partial charge in [0, 0.05) is 13.0 Å². The summed E-state index contributed by atoms with van der Waals surface area (Å²) < 4.78 is 0.599. The second-order valence-electron chi connectivity index (χ2n) is 5.97. The van der Waals surface area contributed by atoms with E-state index in [0.717, 1.165) is 19.4 Å². The highest BCUT2D eigenvalue weighted by Crippen LogP contribution is 2.12. The fourth-order valence-electron chi connectivity index (χ4n) is 2.54. The van der Waals surface area contributed by atoms with Crippen molar-refractivity contribution in [3.8, 4) is 0 Å². The van der Waals surface area contributed by atoms with Gasteiger partial charge in [-0.3, -0.25) is 4.79 Å². The van der Waals surface area contributed by atoms with Crippen LogP contribution < -0.4 is 5.32 Å². The number of thiol groups is 1. The van der Waals surface area contributed by atoms with Crippen molar-refractivity contribution >= 4 is 35.1 Å². The highest BCUT2D eigenvalue weighted by atomic mass is 32.1. The molecule has 0 rings (SSSR count). The largest absolute Gasteiger partial charge is 0.481 e. The number of carboxylic acids is 1. The van der Waals surface area contributed by atoms with Crippen molar-refractivity contribution < 1.29 is 9.90 Å². The number of thiocarbonyl (C=S) groups is 1. The monoisotopic (exact) mass is 347 g/mol. The second kappa shape index (κ2) is 17.1. The van der Waals surface area contributed by atoms with Gasteiger partial charge in [-0.15, -0.1) is 12.6 Å². The highest BCUT2D eigenvalue weighted by molar-refractivity contribution is 8.11. The third kappa shape index (κ3) is 19.7. The van der Waals surface area contributed by atoms with Crippen molar-refractivity contribution in [3.05, 3.63) is 0 Å². The minimum atomic E-state index is -0.665. The van der Waals surface area contributed by atoms with Crippen LogP contribution in [0.4, 0.5) is 0 Å². The summed E-state index contributed by atoms with van der Waals surface area (Å²) in [5.41, 5.74) is 0. The van der Waals surface area contributed by atoms with Gasteiger partial charge in [-0.05, 0) is 12.8 Å². The van der Waals surface area contributed by atoms with Crippen LogP contribution >= 0.6 is 24.8 Å². The Hall–Kier alpha value is -0.290. The molecule has 0 unspecified atom stereocenters. The van der Waals surface area contributed by atoms with E-state index in [0.29, 0.717) is 10.7 Å². The number of unbranched alkanes of at least 4 members (excludes halogenated alkanes) is 12. The van der Waals surface area contributed by atoms with Gasteiger partial charge < -0.3 is 10.4 Å². The Morgan fingerprint density at radius 3 is 1.50 bits per heavy atom. The standard InChI is InChI=1S/C17H33NO2S2/c19-16(20)14-12-10-8-6-4-2-1-3-5-7-9-11-13-15-18-17(21)22/h1-15H2,(H,19,20)(H2,18,21,22). The Balaban J connectivity index is 2.99. The van der Waals surface area contributed by atoms with Crippen LogP contribution in [-0.4, -0.2) is 21.9 Å². The van der Waals surface area contributed by atoms with E-state index in [-0.39, 0.29) is 0 Å². The average molecular weight is 348 g/mol. The van der Waals surface area contributed by atoms with Crippen LogP contribution in [0.2, 0.25) is 0 Å². The first-order valence-corrected chi connectivity index (χ1v) is 9.67. The molecule has 3 nitrogen and oxygen atoms in total. The molecule has 0 aromatic heterocycles. The van der Waals surface area contributed by atoms with E-state index < -0.39 is 5.97 Å². The average Bonchev–Trinajstić information content (AvgIpc) is 2.46. The number of rotatable bonds is 16. The van der Waals surface area contributed by atoms with Crippen molar-refractivity contribution in [2.24, 2.45) is 0 Å². The van der Waals surface area contributed by atoms with Gasteiger partial charge in [0.1, 0.15) is 4.32 Å². The molecule has 0 aliphatic rings. The van der Waals surface area contributed by atoms with Gasteiger partial charge in [-0.1, -0.05) is 82.8 Å². The molecule has 0 amide bonds. The smallest absolute Gasteiger partial charge is 0.303 e. The molecule has 130 valence electrons. The van der Waals surface area contributed by atoms with Crippen molar-refractivity contribution in [2.45, 2.75) is 89.9 Å². The number of hydrogen-bond donors (Lipinski definition) is 3.